The van der Waals surface area contributed by atoms with Crippen molar-refractivity contribution in [2.75, 3.05) is 30.9 Å². The summed E-state index contributed by atoms with van der Waals surface area (Å²) >= 11 is 0. The summed E-state index contributed by atoms with van der Waals surface area (Å²) in [6, 6.07) is 1.38. The Hall–Kier alpha value is -2.16. The lowest BCUT2D eigenvalue weighted by Crippen LogP contribution is -2.43. The first kappa shape index (κ1) is 11.5. The van der Waals surface area contributed by atoms with Crippen LogP contribution in [0.2, 0.25) is 0 Å². The molecule has 0 radical (unpaired) electrons. The highest BCUT2D eigenvalue weighted by atomic mass is 35.5. The largest absolute Gasteiger partial charge is 0.477 e. The minimum atomic E-state index is -3.26. The number of aromatic nitrogens is 1. The molecule has 1 saturated carbocycles. The second kappa shape index (κ2) is 7.61. The fourth-order valence-corrected chi connectivity index (χ4v) is 2.68. The number of fused-ring (bicyclic) bond motifs is 1. The van der Waals surface area contributed by atoms with Gasteiger partial charge >= 0.3 is 5.97 Å². The van der Waals surface area contributed by atoms with Gasteiger partial charge in [-0.1, -0.05) is 0 Å². The lowest BCUT2D eigenvalue weighted by Gasteiger charge is -2.30. The summed E-state index contributed by atoms with van der Waals surface area (Å²) in [6.45, 7) is -12.8. The first-order valence-electron chi connectivity index (χ1n) is 11.2. The lowest BCUT2D eigenvalue weighted by atomic mass is 10.1. The summed E-state index contributed by atoms with van der Waals surface area (Å²) in [5, 5.41) is 10.7. The second-order valence-electron chi connectivity index (χ2n) is 5.57. The number of anilines is 1. The van der Waals surface area contributed by atoms with Crippen LogP contribution < -0.4 is 15.6 Å². The van der Waals surface area contributed by atoms with Crippen LogP contribution in [0.15, 0.2) is 23.1 Å². The van der Waals surface area contributed by atoms with Crippen molar-refractivity contribution < 1.29 is 30.7 Å². The van der Waals surface area contributed by atoms with E-state index in [2.05, 4.69) is 0 Å². The minimum absolute atomic E-state index is 0. The Bertz CT molecular complexity index is 1200. The van der Waals surface area contributed by atoms with Crippen LogP contribution in [-0.2, 0) is 0 Å². The molecule has 0 spiro atoms. The van der Waals surface area contributed by atoms with E-state index in [-0.39, 0.29) is 39.7 Å². The fraction of sp³-hybridized carbons (Fsp3) is 0.412. The Morgan fingerprint density at radius 2 is 1.96 bits per heavy atom. The highest BCUT2D eigenvalue weighted by Gasteiger charge is 2.28. The number of halogens is 2. The first-order chi connectivity index (χ1) is 14.5. The van der Waals surface area contributed by atoms with Gasteiger partial charge in [-0.2, -0.15) is 0 Å². The van der Waals surface area contributed by atoms with E-state index < -0.39 is 54.5 Å². The standard InChI is InChI=1S/C17H18FN3O3.ClH.H2O/c18-13-7-11-14(8-15(13)20-5-3-19-4-6-20)21(10-1-2-10)9-12(16(11)22)17(23)24;;/h7-10,19H,1-6H2,(H,23,24);1H;1H2/i3D2,4D2,5D2,6D2;;. The van der Waals surface area contributed by atoms with Gasteiger partial charge in [-0.05, 0) is 25.0 Å². The normalized spacial score (nSPS) is 29.0. The average molecular weight is 394 g/mol. The molecule has 4 rings (SSSR count). The van der Waals surface area contributed by atoms with Gasteiger partial charge in [-0.15, -0.1) is 12.4 Å². The maximum atomic E-state index is 15.2. The van der Waals surface area contributed by atoms with Crippen molar-refractivity contribution >= 4 is 35.0 Å². The van der Waals surface area contributed by atoms with Crippen LogP contribution >= 0.6 is 12.4 Å². The number of carbonyl (C=O) groups is 1. The van der Waals surface area contributed by atoms with E-state index in [0.717, 1.165) is 12.3 Å². The first-order valence-corrected chi connectivity index (χ1v) is 7.24. The molecule has 0 unspecified atom stereocenters. The van der Waals surface area contributed by atoms with Crippen molar-refractivity contribution in [1.29, 1.82) is 0 Å². The van der Waals surface area contributed by atoms with Gasteiger partial charge in [0.15, 0.2) is 0 Å². The molecular formula is C17H21ClFN3O4. The molecule has 1 aliphatic heterocycles. The Balaban J connectivity index is 0.00000204. The van der Waals surface area contributed by atoms with Gasteiger partial charge in [0.05, 0.1) is 16.7 Å². The fourth-order valence-electron chi connectivity index (χ4n) is 2.68. The number of nitrogens with zero attached hydrogens (tertiary/aromatic N) is 2. The molecule has 2 aromatic rings. The zero-order valence-corrected chi connectivity index (χ0v) is 14.0. The van der Waals surface area contributed by atoms with Gasteiger partial charge in [0.25, 0.3) is 0 Å². The number of hydrogen-bond donors (Lipinski definition) is 2. The van der Waals surface area contributed by atoms with Crippen LogP contribution in [0.1, 0.15) is 40.2 Å². The summed E-state index contributed by atoms with van der Waals surface area (Å²) in [7, 11) is 0. The molecule has 2 fully saturated rings. The molecular weight excluding hydrogens is 365 g/mol. The molecule has 9 heteroatoms. The van der Waals surface area contributed by atoms with E-state index in [1.165, 1.54) is 4.57 Å². The summed E-state index contributed by atoms with van der Waals surface area (Å²) in [5.41, 5.74) is -2.37. The minimum Gasteiger partial charge on any atom is -0.477 e. The van der Waals surface area contributed by atoms with Crippen LogP contribution in [0.5, 0.6) is 0 Å². The molecule has 4 N–H and O–H groups in total. The van der Waals surface area contributed by atoms with Crippen molar-refractivity contribution in [3.63, 3.8) is 0 Å². The van der Waals surface area contributed by atoms with Gasteiger partial charge in [-0.25, -0.2) is 9.18 Å². The van der Waals surface area contributed by atoms with Gasteiger partial charge in [0, 0.05) is 49.1 Å². The third-order valence-corrected chi connectivity index (χ3v) is 3.97. The highest BCUT2D eigenvalue weighted by molar-refractivity contribution is 5.93. The third kappa shape index (κ3) is 3.40. The quantitative estimate of drug-likeness (QED) is 0.814. The predicted molar refractivity (Wildman–Crippen MR) is 99.3 cm³/mol. The summed E-state index contributed by atoms with van der Waals surface area (Å²) in [6.07, 6.45) is 2.38. The molecule has 1 saturated heterocycles. The Morgan fingerprint density at radius 1 is 1.31 bits per heavy atom. The maximum Gasteiger partial charge on any atom is 0.341 e. The predicted octanol–water partition coefficient (Wildman–Crippen LogP) is 1.18. The molecule has 2 heterocycles. The van der Waals surface area contributed by atoms with Crippen LogP contribution in [0.4, 0.5) is 10.1 Å². The Labute approximate surface area is 166 Å². The van der Waals surface area contributed by atoms with E-state index in [1.54, 1.807) is 5.32 Å². The molecule has 142 valence electrons. The van der Waals surface area contributed by atoms with Crippen LogP contribution in [-0.4, -0.2) is 47.1 Å². The van der Waals surface area contributed by atoms with E-state index in [0.29, 0.717) is 18.9 Å². The van der Waals surface area contributed by atoms with Gasteiger partial charge < -0.3 is 25.4 Å². The van der Waals surface area contributed by atoms with Crippen LogP contribution in [0, 0.1) is 5.82 Å². The monoisotopic (exact) mass is 393 g/mol. The number of carboxylic acids is 1. The highest BCUT2D eigenvalue weighted by Crippen LogP contribution is 2.38. The number of hydrogen-bond acceptors (Lipinski definition) is 4. The molecule has 7 nitrogen and oxygen atoms in total. The van der Waals surface area contributed by atoms with Crippen molar-refractivity contribution in [3.05, 3.63) is 39.9 Å². The molecule has 0 atom stereocenters. The molecule has 2 aliphatic rings. The average Bonchev–Trinajstić information content (AvgIpc) is 3.45. The van der Waals surface area contributed by atoms with E-state index >= 15 is 4.39 Å². The topological polar surface area (TPSA) is 106 Å². The maximum absolute atomic E-state index is 15.2. The number of pyridine rings is 1. The SMILES string of the molecule is Cl.O.[2H]C1([2H])NC([2H])([2H])C([2H])([2H])N(c2cc3c(cc2F)c(=O)c(C(=O)O)cn3C2CC2)C1([2H])[2H]. The van der Waals surface area contributed by atoms with Crippen molar-refractivity contribution in [3.8, 4) is 0 Å². The molecule has 0 bridgehead atoms. The lowest BCUT2D eigenvalue weighted by molar-refractivity contribution is 0.0695. The van der Waals surface area contributed by atoms with E-state index in [1.807, 2.05) is 0 Å². The molecule has 1 aromatic carbocycles. The number of nitrogens with one attached hydrogen (secondary N) is 1. The zero-order valence-electron chi connectivity index (χ0n) is 21.2. The third-order valence-electron chi connectivity index (χ3n) is 3.97. The summed E-state index contributed by atoms with van der Waals surface area (Å²) in [4.78, 5) is 24.1. The smallest absolute Gasteiger partial charge is 0.341 e. The van der Waals surface area contributed by atoms with Gasteiger partial charge in [-0.3, -0.25) is 4.79 Å². The number of rotatable bonds is 3. The van der Waals surface area contributed by atoms with Crippen LogP contribution in [0.25, 0.3) is 10.9 Å². The summed E-state index contributed by atoms with van der Waals surface area (Å²) < 4.78 is 80.9. The van der Waals surface area contributed by atoms with E-state index in [4.69, 9.17) is 11.0 Å². The van der Waals surface area contributed by atoms with Crippen molar-refractivity contribution in [2.24, 2.45) is 0 Å². The number of carboxylic acid groups (broad SMARTS) is 1. The van der Waals surface area contributed by atoms with Gasteiger partial charge in [0.2, 0.25) is 5.43 Å². The number of benzene rings is 1. The Morgan fingerprint density at radius 3 is 2.54 bits per heavy atom. The molecule has 0 amide bonds. The zero-order chi connectivity index (χ0) is 24.0. The number of aromatic carboxylic acids is 1. The molecule has 1 aromatic heterocycles. The van der Waals surface area contributed by atoms with Crippen molar-refractivity contribution in [2.45, 2.75) is 18.9 Å². The Kier molecular flexibility index (Phi) is 3.37. The van der Waals surface area contributed by atoms with Crippen molar-refractivity contribution in [1.82, 2.24) is 9.88 Å². The second-order valence-corrected chi connectivity index (χ2v) is 5.57. The van der Waals surface area contributed by atoms with Crippen LogP contribution in [0.3, 0.4) is 0 Å². The van der Waals surface area contributed by atoms with E-state index in [9.17, 15) is 14.7 Å². The van der Waals surface area contributed by atoms with Gasteiger partial charge in [0.1, 0.15) is 11.4 Å². The summed E-state index contributed by atoms with van der Waals surface area (Å²) in [5.74, 6) is -2.84. The molecule has 1 aliphatic carbocycles. The molecule has 26 heavy (non-hydrogen) atoms. The number of piperazine rings is 1.